The molecule has 0 radical (unpaired) electrons. The van der Waals surface area contributed by atoms with Gasteiger partial charge in [-0.2, -0.15) is 15.8 Å². The van der Waals surface area contributed by atoms with Crippen LogP contribution in [-0.4, -0.2) is 9.97 Å². The molecule has 0 spiro atoms. The van der Waals surface area contributed by atoms with E-state index in [0.717, 1.165) is 5.56 Å². The van der Waals surface area contributed by atoms with Crippen molar-refractivity contribution < 1.29 is 0 Å². The smallest absolute Gasteiger partial charge is 0.163 e. The lowest BCUT2D eigenvalue weighted by atomic mass is 10.1. The van der Waals surface area contributed by atoms with Gasteiger partial charge in [-0.3, -0.25) is 0 Å². The molecule has 0 atom stereocenters. The minimum Gasteiger partial charge on any atom is -0.345 e. The number of allylic oxidation sites excluding steroid dienone is 2. The highest BCUT2D eigenvalue weighted by molar-refractivity contribution is 5.66. The second-order valence-corrected chi connectivity index (χ2v) is 3.73. The second-order valence-electron chi connectivity index (χ2n) is 3.73. The highest BCUT2D eigenvalue weighted by Gasteiger charge is 2.07. The Bertz CT molecular complexity index is 749. The van der Waals surface area contributed by atoms with E-state index in [1.165, 1.54) is 0 Å². The Morgan fingerprint density at radius 1 is 1.15 bits per heavy atom. The fourth-order valence-electron chi connectivity index (χ4n) is 1.59. The monoisotopic (exact) mass is 260 g/mol. The van der Waals surface area contributed by atoms with Crippen molar-refractivity contribution in [2.75, 3.05) is 5.32 Å². The molecule has 0 saturated heterocycles. The SMILES string of the molecule is N#CC(C#N)=C(C#N)Nc1cccc(-c2ncc[nH]2)c1. The molecular weight excluding hydrogens is 252 g/mol. The summed E-state index contributed by atoms with van der Waals surface area (Å²) < 4.78 is 0. The fraction of sp³-hybridized carbons (Fsp3) is 0. The van der Waals surface area contributed by atoms with Gasteiger partial charge in [0, 0.05) is 23.6 Å². The summed E-state index contributed by atoms with van der Waals surface area (Å²) in [5, 5.41) is 29.3. The molecule has 0 aliphatic carbocycles. The van der Waals surface area contributed by atoms with Gasteiger partial charge < -0.3 is 10.3 Å². The Labute approximate surface area is 115 Å². The number of aromatic nitrogens is 2. The molecule has 0 amide bonds. The number of hydrogen-bond donors (Lipinski definition) is 2. The zero-order valence-corrected chi connectivity index (χ0v) is 10.3. The van der Waals surface area contributed by atoms with Crippen LogP contribution in [-0.2, 0) is 0 Å². The van der Waals surface area contributed by atoms with Crippen LogP contribution in [0.1, 0.15) is 0 Å². The lowest BCUT2D eigenvalue weighted by Crippen LogP contribution is -2.00. The number of aromatic amines is 1. The molecule has 0 unspecified atom stereocenters. The molecule has 0 fully saturated rings. The molecule has 0 aliphatic heterocycles. The number of hydrogen-bond acceptors (Lipinski definition) is 5. The first-order chi connectivity index (χ1) is 9.78. The number of rotatable bonds is 3. The van der Waals surface area contributed by atoms with E-state index in [1.54, 1.807) is 48.8 Å². The number of H-pyrrole nitrogens is 1. The van der Waals surface area contributed by atoms with E-state index in [4.69, 9.17) is 15.8 Å². The summed E-state index contributed by atoms with van der Waals surface area (Å²) in [6, 6.07) is 12.3. The molecule has 2 aromatic rings. The summed E-state index contributed by atoms with van der Waals surface area (Å²) >= 11 is 0. The number of benzene rings is 1. The summed E-state index contributed by atoms with van der Waals surface area (Å²) in [6.07, 6.45) is 3.35. The van der Waals surface area contributed by atoms with Gasteiger partial charge in [-0.05, 0) is 12.1 Å². The molecule has 1 aromatic heterocycles. The maximum atomic E-state index is 8.98. The normalized spacial score (nSPS) is 8.85. The Morgan fingerprint density at radius 2 is 1.95 bits per heavy atom. The first-order valence-corrected chi connectivity index (χ1v) is 5.60. The molecule has 0 aliphatic rings. The van der Waals surface area contributed by atoms with Crippen LogP contribution in [0.4, 0.5) is 5.69 Å². The van der Waals surface area contributed by atoms with E-state index in [9.17, 15) is 0 Å². The minimum atomic E-state index is -0.254. The van der Waals surface area contributed by atoms with Crippen molar-refractivity contribution in [3.8, 4) is 29.6 Å². The van der Waals surface area contributed by atoms with Crippen molar-refractivity contribution in [2.45, 2.75) is 0 Å². The highest BCUT2D eigenvalue weighted by Crippen LogP contribution is 2.20. The zero-order valence-electron chi connectivity index (χ0n) is 10.3. The number of anilines is 1. The van der Waals surface area contributed by atoms with Crippen molar-refractivity contribution in [1.29, 1.82) is 15.8 Å². The van der Waals surface area contributed by atoms with Crippen LogP contribution in [0.25, 0.3) is 11.4 Å². The molecule has 1 aromatic carbocycles. The maximum Gasteiger partial charge on any atom is 0.163 e. The summed E-state index contributed by atoms with van der Waals surface area (Å²) in [4.78, 5) is 7.10. The van der Waals surface area contributed by atoms with Crippen LogP contribution in [0.3, 0.4) is 0 Å². The highest BCUT2D eigenvalue weighted by atomic mass is 14.9. The van der Waals surface area contributed by atoms with Gasteiger partial charge in [0.2, 0.25) is 0 Å². The van der Waals surface area contributed by atoms with Crippen LogP contribution in [0.15, 0.2) is 47.9 Å². The lowest BCUT2D eigenvalue weighted by Gasteiger charge is -2.06. The van der Waals surface area contributed by atoms with Gasteiger partial charge in [0.1, 0.15) is 29.7 Å². The molecule has 94 valence electrons. The molecular formula is C14H8N6. The molecule has 0 bridgehead atoms. The summed E-state index contributed by atoms with van der Waals surface area (Å²) in [6.45, 7) is 0. The largest absolute Gasteiger partial charge is 0.345 e. The fourth-order valence-corrected chi connectivity index (χ4v) is 1.59. The molecule has 6 heteroatoms. The molecule has 6 nitrogen and oxygen atoms in total. The lowest BCUT2D eigenvalue weighted by molar-refractivity contribution is 1.31. The van der Waals surface area contributed by atoms with Gasteiger partial charge >= 0.3 is 0 Å². The van der Waals surface area contributed by atoms with E-state index in [-0.39, 0.29) is 11.3 Å². The first-order valence-electron chi connectivity index (χ1n) is 5.60. The average molecular weight is 260 g/mol. The second kappa shape index (κ2) is 5.86. The van der Waals surface area contributed by atoms with Crippen molar-refractivity contribution in [3.05, 3.63) is 47.9 Å². The standard InChI is InChI=1S/C14H8N6/c15-7-11(8-16)13(9-17)20-12-3-1-2-10(6-12)14-18-4-5-19-14/h1-6,20H,(H,18,19). The van der Waals surface area contributed by atoms with E-state index in [0.29, 0.717) is 11.5 Å². The summed E-state index contributed by atoms with van der Waals surface area (Å²) in [5.41, 5.74) is 1.09. The number of nitrogens with zero attached hydrogens (tertiary/aromatic N) is 4. The van der Waals surface area contributed by atoms with Crippen LogP contribution in [0.5, 0.6) is 0 Å². The van der Waals surface area contributed by atoms with E-state index in [1.807, 2.05) is 6.07 Å². The Kier molecular flexibility index (Phi) is 3.78. The zero-order chi connectivity index (χ0) is 14.4. The molecule has 2 N–H and O–H groups in total. The van der Waals surface area contributed by atoms with Gasteiger partial charge in [-0.1, -0.05) is 12.1 Å². The minimum absolute atomic E-state index is 0.0772. The topological polar surface area (TPSA) is 112 Å². The Morgan fingerprint density at radius 3 is 2.55 bits per heavy atom. The van der Waals surface area contributed by atoms with E-state index < -0.39 is 0 Å². The third-order valence-corrected chi connectivity index (χ3v) is 2.49. The Balaban J connectivity index is 2.35. The van der Waals surface area contributed by atoms with Crippen LogP contribution >= 0.6 is 0 Å². The van der Waals surface area contributed by atoms with Crippen LogP contribution in [0, 0.1) is 34.0 Å². The number of imidazole rings is 1. The average Bonchev–Trinajstić information content (AvgIpc) is 3.02. The van der Waals surface area contributed by atoms with E-state index >= 15 is 0 Å². The molecule has 1 heterocycles. The third kappa shape index (κ3) is 2.64. The Hall–Kier alpha value is -3.56. The van der Waals surface area contributed by atoms with Crippen molar-refractivity contribution in [2.24, 2.45) is 0 Å². The van der Waals surface area contributed by atoms with Crippen LogP contribution < -0.4 is 5.32 Å². The van der Waals surface area contributed by atoms with Gasteiger partial charge in [0.25, 0.3) is 0 Å². The molecule has 2 rings (SSSR count). The predicted octanol–water partition coefficient (Wildman–Crippen LogP) is 2.31. The third-order valence-electron chi connectivity index (χ3n) is 2.49. The predicted molar refractivity (Wildman–Crippen MR) is 71.5 cm³/mol. The van der Waals surface area contributed by atoms with Crippen molar-refractivity contribution in [1.82, 2.24) is 9.97 Å². The van der Waals surface area contributed by atoms with Gasteiger partial charge in [-0.15, -0.1) is 0 Å². The first kappa shape index (κ1) is 12.9. The van der Waals surface area contributed by atoms with Crippen LogP contribution in [0.2, 0.25) is 0 Å². The van der Waals surface area contributed by atoms with Gasteiger partial charge in [-0.25, -0.2) is 4.98 Å². The summed E-state index contributed by atoms with van der Waals surface area (Å²) in [5.74, 6) is 0.692. The van der Waals surface area contributed by atoms with Crippen molar-refractivity contribution >= 4 is 5.69 Å². The molecule has 0 saturated carbocycles. The number of nitriles is 3. The van der Waals surface area contributed by atoms with Gasteiger partial charge in [0.05, 0.1) is 0 Å². The molecule has 20 heavy (non-hydrogen) atoms. The van der Waals surface area contributed by atoms with Crippen molar-refractivity contribution in [3.63, 3.8) is 0 Å². The van der Waals surface area contributed by atoms with Gasteiger partial charge in [0.15, 0.2) is 5.57 Å². The summed E-state index contributed by atoms with van der Waals surface area (Å²) in [7, 11) is 0. The van der Waals surface area contributed by atoms with E-state index in [2.05, 4.69) is 15.3 Å². The maximum absolute atomic E-state index is 8.98. The quantitative estimate of drug-likeness (QED) is 0.822. The number of nitrogens with one attached hydrogen (secondary N) is 2.